The molecule has 0 heterocycles. The predicted octanol–water partition coefficient (Wildman–Crippen LogP) is 15.0. The summed E-state index contributed by atoms with van der Waals surface area (Å²) in [5, 5.41) is 0. The molecule has 0 fully saturated rings. The summed E-state index contributed by atoms with van der Waals surface area (Å²) in [7, 11) is 0. The molecule has 330 valence electrons. The number of allylic oxidation sites excluding steroid dienone is 20. The summed E-state index contributed by atoms with van der Waals surface area (Å²) >= 11 is 0. The number of hydrogen-bond acceptors (Lipinski definition) is 6. The van der Waals surface area contributed by atoms with Gasteiger partial charge in [-0.1, -0.05) is 200 Å². The zero-order valence-corrected chi connectivity index (χ0v) is 37.5. The minimum Gasteiger partial charge on any atom is -0.462 e. The lowest BCUT2D eigenvalue weighted by atomic mass is 10.1. The summed E-state index contributed by atoms with van der Waals surface area (Å²) in [4.78, 5) is 37.8. The quantitative estimate of drug-likeness (QED) is 0.0266. The summed E-state index contributed by atoms with van der Waals surface area (Å²) in [5.74, 6) is -0.997. The number of esters is 3. The molecule has 0 rings (SSSR count). The molecule has 0 aromatic rings. The third-order valence-electron chi connectivity index (χ3n) is 9.16. The van der Waals surface area contributed by atoms with E-state index in [4.69, 9.17) is 14.2 Å². The van der Waals surface area contributed by atoms with Crippen molar-refractivity contribution in [1.82, 2.24) is 0 Å². The molecule has 0 aromatic carbocycles. The van der Waals surface area contributed by atoms with Gasteiger partial charge in [0, 0.05) is 19.3 Å². The lowest BCUT2D eigenvalue weighted by Crippen LogP contribution is -2.30. The zero-order valence-electron chi connectivity index (χ0n) is 37.5. The van der Waals surface area contributed by atoms with Crippen LogP contribution in [0.5, 0.6) is 0 Å². The van der Waals surface area contributed by atoms with Crippen LogP contribution in [0.2, 0.25) is 0 Å². The van der Waals surface area contributed by atoms with Crippen LogP contribution in [-0.4, -0.2) is 37.2 Å². The highest BCUT2D eigenvalue weighted by Crippen LogP contribution is 2.13. The van der Waals surface area contributed by atoms with Crippen molar-refractivity contribution in [2.24, 2.45) is 0 Å². The smallest absolute Gasteiger partial charge is 0.306 e. The molecule has 0 saturated carbocycles. The third-order valence-corrected chi connectivity index (χ3v) is 9.16. The van der Waals surface area contributed by atoms with Gasteiger partial charge in [-0.3, -0.25) is 14.4 Å². The van der Waals surface area contributed by atoms with Gasteiger partial charge in [-0.2, -0.15) is 0 Å². The van der Waals surface area contributed by atoms with Crippen LogP contribution in [0.1, 0.15) is 175 Å². The molecule has 0 amide bonds. The number of rotatable bonds is 39. The Hall–Kier alpha value is -4.19. The van der Waals surface area contributed by atoms with Crippen molar-refractivity contribution in [1.29, 1.82) is 0 Å². The van der Waals surface area contributed by atoms with Crippen molar-refractivity contribution in [3.05, 3.63) is 122 Å². The van der Waals surface area contributed by atoms with E-state index < -0.39 is 6.10 Å². The van der Waals surface area contributed by atoms with Crippen molar-refractivity contribution >= 4 is 17.9 Å². The largest absolute Gasteiger partial charge is 0.462 e. The molecule has 0 aliphatic carbocycles. The fraction of sp³-hybridized carbons (Fsp3) is 0.566. The molecular formula is C53H82O6. The highest BCUT2D eigenvalue weighted by atomic mass is 16.6. The number of ether oxygens (including phenoxy) is 3. The van der Waals surface area contributed by atoms with E-state index in [1.807, 2.05) is 42.5 Å². The molecule has 1 unspecified atom stereocenters. The van der Waals surface area contributed by atoms with Crippen LogP contribution < -0.4 is 0 Å². The standard InChI is InChI=1S/C53H82O6/c1-4-7-10-13-16-19-22-25-26-29-31-34-37-40-43-46-52(55)58-49-50(59-53(56)47-44-41-38-35-32-28-24-21-18-15-12-9-6-3)48-57-51(54)45-42-39-36-33-30-27-23-20-17-14-11-8-5-2/h7-24,28,32,50H,4-6,25-27,29-31,33-49H2,1-3H3/b10-7+,11-8+,12-9+,16-13+,17-14+,18-15+,22-19+,23-20+,24-21+,32-28+. The Morgan fingerprint density at radius 1 is 0.339 bits per heavy atom. The Balaban J connectivity index is 4.52. The Morgan fingerprint density at radius 3 is 0.966 bits per heavy atom. The van der Waals surface area contributed by atoms with E-state index in [0.29, 0.717) is 19.3 Å². The maximum absolute atomic E-state index is 12.7. The summed E-state index contributed by atoms with van der Waals surface area (Å²) in [6.07, 6.45) is 63.2. The van der Waals surface area contributed by atoms with Crippen molar-refractivity contribution in [3.8, 4) is 0 Å². The topological polar surface area (TPSA) is 78.9 Å². The fourth-order valence-corrected chi connectivity index (χ4v) is 5.74. The summed E-state index contributed by atoms with van der Waals surface area (Å²) < 4.78 is 16.7. The number of unbranched alkanes of at least 4 members (excludes halogenated alkanes) is 15. The van der Waals surface area contributed by atoms with Gasteiger partial charge in [-0.25, -0.2) is 0 Å². The first kappa shape index (κ1) is 54.8. The Bertz CT molecular complexity index is 1300. The summed E-state index contributed by atoms with van der Waals surface area (Å²) in [6, 6.07) is 0. The van der Waals surface area contributed by atoms with Crippen LogP contribution in [0.4, 0.5) is 0 Å². The van der Waals surface area contributed by atoms with E-state index in [1.165, 1.54) is 25.7 Å². The molecule has 0 N–H and O–H groups in total. The van der Waals surface area contributed by atoms with Crippen molar-refractivity contribution in [2.45, 2.75) is 181 Å². The van der Waals surface area contributed by atoms with E-state index in [0.717, 1.165) is 103 Å². The molecule has 1 atom stereocenters. The van der Waals surface area contributed by atoms with E-state index in [1.54, 1.807) is 0 Å². The van der Waals surface area contributed by atoms with Crippen molar-refractivity contribution in [2.75, 3.05) is 13.2 Å². The maximum Gasteiger partial charge on any atom is 0.306 e. The zero-order chi connectivity index (χ0) is 43.0. The van der Waals surface area contributed by atoms with Crippen LogP contribution in [0.25, 0.3) is 0 Å². The Kier molecular flexibility index (Phi) is 43.2. The molecule has 0 spiro atoms. The Morgan fingerprint density at radius 2 is 0.610 bits per heavy atom. The minimum atomic E-state index is -0.814. The molecule has 6 nitrogen and oxygen atoms in total. The van der Waals surface area contributed by atoms with Crippen molar-refractivity contribution in [3.63, 3.8) is 0 Å². The number of carbonyl (C=O) groups is 3. The average molecular weight is 815 g/mol. The number of hydrogen-bond donors (Lipinski definition) is 0. The van der Waals surface area contributed by atoms with Crippen LogP contribution in [-0.2, 0) is 28.6 Å². The summed E-state index contributed by atoms with van der Waals surface area (Å²) in [6.45, 7) is 6.14. The van der Waals surface area contributed by atoms with Crippen LogP contribution in [0.15, 0.2) is 122 Å². The predicted molar refractivity (Wildman–Crippen MR) is 251 cm³/mol. The monoisotopic (exact) mass is 815 g/mol. The molecule has 0 aliphatic rings. The van der Waals surface area contributed by atoms with Gasteiger partial charge >= 0.3 is 17.9 Å². The molecule has 6 heteroatoms. The van der Waals surface area contributed by atoms with Gasteiger partial charge in [-0.05, 0) is 77.0 Å². The van der Waals surface area contributed by atoms with Gasteiger partial charge in [0.15, 0.2) is 6.10 Å². The van der Waals surface area contributed by atoms with Crippen molar-refractivity contribution < 1.29 is 28.6 Å². The lowest BCUT2D eigenvalue weighted by Gasteiger charge is -2.18. The highest BCUT2D eigenvalue weighted by molar-refractivity contribution is 5.71. The first-order valence-corrected chi connectivity index (χ1v) is 23.2. The minimum absolute atomic E-state index is 0.112. The summed E-state index contributed by atoms with van der Waals surface area (Å²) in [5.41, 5.74) is 0. The first-order chi connectivity index (χ1) is 29.0. The van der Waals surface area contributed by atoms with Gasteiger partial charge in [0.2, 0.25) is 0 Å². The van der Waals surface area contributed by atoms with Crippen LogP contribution in [0, 0.1) is 0 Å². The molecule has 0 aliphatic heterocycles. The van der Waals surface area contributed by atoms with Gasteiger partial charge in [-0.15, -0.1) is 0 Å². The second kappa shape index (κ2) is 46.5. The third kappa shape index (κ3) is 44.8. The van der Waals surface area contributed by atoms with Gasteiger partial charge < -0.3 is 14.2 Å². The molecule has 0 aromatic heterocycles. The highest BCUT2D eigenvalue weighted by Gasteiger charge is 2.19. The normalized spacial score (nSPS) is 13.2. The number of carbonyl (C=O) groups excluding carboxylic acids is 3. The van der Waals surface area contributed by atoms with Gasteiger partial charge in [0.1, 0.15) is 13.2 Å². The van der Waals surface area contributed by atoms with E-state index >= 15 is 0 Å². The fourth-order valence-electron chi connectivity index (χ4n) is 5.74. The molecule has 59 heavy (non-hydrogen) atoms. The maximum atomic E-state index is 12.7. The SMILES string of the molecule is CC/C=C/C=C/C=C/C=C/CCCCCC(=O)OC(COC(=O)CCCCCCC/C=C/C=C/C=C/CC)COC(=O)CCCCCCCCC/C=C/C=C/C=C/CC. The lowest BCUT2D eigenvalue weighted by molar-refractivity contribution is -0.167. The van der Waals surface area contributed by atoms with Gasteiger partial charge in [0.05, 0.1) is 0 Å². The molecule has 0 bridgehead atoms. The first-order valence-electron chi connectivity index (χ1n) is 23.2. The average Bonchev–Trinajstić information content (AvgIpc) is 3.23. The second-order valence-corrected chi connectivity index (χ2v) is 14.7. The molecule has 0 saturated heterocycles. The molecule has 0 radical (unpaired) electrons. The second-order valence-electron chi connectivity index (χ2n) is 14.7. The molecular weight excluding hydrogens is 733 g/mol. The van der Waals surface area contributed by atoms with Crippen LogP contribution in [0.3, 0.4) is 0 Å². The van der Waals surface area contributed by atoms with E-state index in [-0.39, 0.29) is 37.5 Å². The van der Waals surface area contributed by atoms with Crippen LogP contribution >= 0.6 is 0 Å². The van der Waals surface area contributed by atoms with Gasteiger partial charge in [0.25, 0.3) is 0 Å². The van der Waals surface area contributed by atoms with E-state index in [9.17, 15) is 14.4 Å². The Labute approximate surface area is 361 Å². The van der Waals surface area contributed by atoms with E-state index in [2.05, 4.69) is 99.8 Å².